The van der Waals surface area contributed by atoms with Crippen molar-refractivity contribution in [3.05, 3.63) is 54.1 Å². The number of hydrogen-bond donors (Lipinski definition) is 1. The second kappa shape index (κ2) is 7.97. The molecule has 0 aliphatic heterocycles. The fraction of sp³-hybridized carbons (Fsp3) is 0.235. The van der Waals surface area contributed by atoms with Gasteiger partial charge in [-0.2, -0.15) is 17.5 Å². The van der Waals surface area contributed by atoms with Crippen molar-refractivity contribution < 1.29 is 31.1 Å². The van der Waals surface area contributed by atoms with Gasteiger partial charge in [0.2, 0.25) is 15.9 Å². The van der Waals surface area contributed by atoms with Crippen molar-refractivity contribution in [1.82, 2.24) is 4.31 Å². The molecular weight excluding hydrogens is 385 g/mol. The minimum absolute atomic E-state index is 0.362. The van der Waals surface area contributed by atoms with Gasteiger partial charge in [0.05, 0.1) is 24.1 Å². The Labute approximate surface area is 154 Å². The van der Waals surface area contributed by atoms with Gasteiger partial charge in [0, 0.05) is 18.8 Å². The van der Waals surface area contributed by atoms with Gasteiger partial charge in [0.25, 0.3) is 0 Å². The molecule has 2 aromatic rings. The Morgan fingerprint density at radius 3 is 2.44 bits per heavy atom. The molecule has 0 fully saturated rings. The number of rotatable bonds is 6. The largest absolute Gasteiger partial charge is 0.497 e. The Morgan fingerprint density at radius 2 is 1.81 bits per heavy atom. The van der Waals surface area contributed by atoms with Crippen molar-refractivity contribution in [3.63, 3.8) is 0 Å². The normalized spacial score (nSPS) is 12.1. The van der Waals surface area contributed by atoms with E-state index in [2.05, 4.69) is 5.32 Å². The highest BCUT2D eigenvalue weighted by molar-refractivity contribution is 7.89. The van der Waals surface area contributed by atoms with E-state index in [-0.39, 0.29) is 0 Å². The number of ether oxygens (including phenoxy) is 1. The maximum atomic E-state index is 13.1. The maximum Gasteiger partial charge on any atom is 0.417 e. The second-order valence-electron chi connectivity index (χ2n) is 5.54. The van der Waals surface area contributed by atoms with Gasteiger partial charge in [-0.05, 0) is 24.3 Å². The van der Waals surface area contributed by atoms with E-state index in [1.54, 1.807) is 18.2 Å². The molecule has 0 aliphatic carbocycles. The summed E-state index contributed by atoms with van der Waals surface area (Å²) in [5.41, 5.74) is -0.925. The summed E-state index contributed by atoms with van der Waals surface area (Å²) in [6.45, 7) is -0.661. The third-order valence-corrected chi connectivity index (χ3v) is 5.46. The monoisotopic (exact) mass is 402 g/mol. The number of carbonyl (C=O) groups is 1. The summed E-state index contributed by atoms with van der Waals surface area (Å²) in [6, 6.07) is 10.2. The first kappa shape index (κ1) is 20.7. The average molecular weight is 402 g/mol. The first-order chi connectivity index (χ1) is 12.6. The van der Waals surface area contributed by atoms with Crippen LogP contribution in [0.25, 0.3) is 0 Å². The molecule has 0 aliphatic rings. The lowest BCUT2D eigenvalue weighted by Gasteiger charge is -2.20. The summed E-state index contributed by atoms with van der Waals surface area (Å²) in [5, 5.41) is 2.47. The highest BCUT2D eigenvalue weighted by atomic mass is 32.2. The Bertz CT molecular complexity index is 930. The molecule has 0 saturated heterocycles. The van der Waals surface area contributed by atoms with E-state index in [4.69, 9.17) is 4.74 Å². The number of anilines is 1. The van der Waals surface area contributed by atoms with Gasteiger partial charge in [-0.25, -0.2) is 8.42 Å². The highest BCUT2D eigenvalue weighted by Crippen LogP contribution is 2.34. The fourth-order valence-corrected chi connectivity index (χ4v) is 3.62. The number of nitrogens with one attached hydrogen (secondary N) is 1. The average Bonchev–Trinajstić information content (AvgIpc) is 2.61. The van der Waals surface area contributed by atoms with Crippen LogP contribution in [0.5, 0.6) is 5.75 Å². The van der Waals surface area contributed by atoms with Gasteiger partial charge in [0.15, 0.2) is 0 Å². The zero-order valence-electron chi connectivity index (χ0n) is 14.4. The van der Waals surface area contributed by atoms with Gasteiger partial charge in [0.1, 0.15) is 5.75 Å². The molecule has 2 rings (SSSR count). The maximum absolute atomic E-state index is 13.1. The molecule has 27 heavy (non-hydrogen) atoms. The number of carbonyl (C=O) groups excluding carboxylic acids is 1. The molecule has 10 heteroatoms. The van der Waals surface area contributed by atoms with E-state index < -0.39 is 39.1 Å². The third kappa shape index (κ3) is 4.98. The zero-order valence-corrected chi connectivity index (χ0v) is 15.3. The van der Waals surface area contributed by atoms with Crippen molar-refractivity contribution in [2.24, 2.45) is 0 Å². The molecule has 0 radical (unpaired) electrons. The van der Waals surface area contributed by atoms with Crippen molar-refractivity contribution in [2.75, 3.05) is 26.0 Å². The van der Waals surface area contributed by atoms with Crippen LogP contribution in [0, 0.1) is 0 Å². The van der Waals surface area contributed by atoms with Crippen LogP contribution in [0.3, 0.4) is 0 Å². The van der Waals surface area contributed by atoms with Crippen LogP contribution in [0.2, 0.25) is 0 Å². The van der Waals surface area contributed by atoms with E-state index in [1.165, 1.54) is 19.2 Å². The predicted octanol–water partition coefficient (Wildman–Crippen LogP) is 2.97. The number of hydrogen-bond acceptors (Lipinski definition) is 4. The van der Waals surface area contributed by atoms with Gasteiger partial charge in [-0.15, -0.1) is 0 Å². The Hall–Kier alpha value is -2.59. The molecule has 146 valence electrons. The second-order valence-corrected chi connectivity index (χ2v) is 7.55. The van der Waals surface area contributed by atoms with E-state index in [9.17, 15) is 26.4 Å². The molecule has 1 amide bonds. The minimum Gasteiger partial charge on any atom is -0.497 e. The number of halogens is 3. The van der Waals surface area contributed by atoms with E-state index >= 15 is 0 Å². The minimum atomic E-state index is -4.84. The molecular formula is C17H17F3N2O4S. The lowest BCUT2D eigenvalue weighted by Crippen LogP contribution is -2.35. The summed E-state index contributed by atoms with van der Waals surface area (Å²) in [6.07, 6.45) is -4.84. The molecule has 2 aromatic carbocycles. The first-order valence-electron chi connectivity index (χ1n) is 7.62. The van der Waals surface area contributed by atoms with Crippen LogP contribution in [0.4, 0.5) is 18.9 Å². The summed E-state index contributed by atoms with van der Waals surface area (Å²) >= 11 is 0. The summed E-state index contributed by atoms with van der Waals surface area (Å²) in [5.74, 6) is -0.230. The van der Waals surface area contributed by atoms with Gasteiger partial charge >= 0.3 is 6.18 Å². The van der Waals surface area contributed by atoms with Crippen LogP contribution in [0.15, 0.2) is 53.4 Å². The summed E-state index contributed by atoms with van der Waals surface area (Å²) in [4.78, 5) is 11.2. The molecule has 0 spiro atoms. The number of likely N-dealkylation sites (N-methyl/N-ethyl adjacent to an activating group) is 1. The predicted molar refractivity (Wildman–Crippen MR) is 92.9 cm³/mol. The van der Waals surface area contributed by atoms with Crippen LogP contribution in [-0.2, 0) is 21.0 Å². The first-order valence-corrected chi connectivity index (χ1v) is 9.06. The molecule has 1 N–H and O–H groups in total. The van der Waals surface area contributed by atoms with Crippen LogP contribution >= 0.6 is 0 Å². The van der Waals surface area contributed by atoms with Crippen molar-refractivity contribution in [2.45, 2.75) is 11.1 Å². The SMILES string of the molecule is COc1cccc(NC(=O)CN(C)S(=O)(=O)c2ccccc2C(F)(F)F)c1. The topological polar surface area (TPSA) is 75.7 Å². The number of nitrogens with zero attached hydrogens (tertiary/aromatic N) is 1. The van der Waals surface area contributed by atoms with E-state index in [0.717, 1.165) is 19.2 Å². The van der Waals surface area contributed by atoms with Crippen LogP contribution in [-0.4, -0.2) is 39.3 Å². The number of benzene rings is 2. The Balaban J connectivity index is 2.19. The quantitative estimate of drug-likeness (QED) is 0.806. The standard InChI is InChI=1S/C17H17F3N2O4S/c1-22(11-16(23)21-12-6-5-7-13(10-12)26-2)27(24,25)15-9-4-3-8-14(15)17(18,19)20/h3-10H,11H2,1-2H3,(H,21,23). The molecule has 0 unspecified atom stereocenters. The third-order valence-electron chi connectivity index (χ3n) is 3.60. The molecule has 0 saturated carbocycles. The summed E-state index contributed by atoms with van der Waals surface area (Å²) < 4.78 is 69.9. The number of alkyl halides is 3. The van der Waals surface area contributed by atoms with E-state index in [1.807, 2.05) is 0 Å². The van der Waals surface area contributed by atoms with Crippen molar-refractivity contribution in [1.29, 1.82) is 0 Å². The van der Waals surface area contributed by atoms with Crippen LogP contribution < -0.4 is 10.1 Å². The molecule has 0 aromatic heterocycles. The van der Waals surface area contributed by atoms with Crippen LogP contribution in [0.1, 0.15) is 5.56 Å². The number of methoxy groups -OCH3 is 1. The van der Waals surface area contributed by atoms with Gasteiger partial charge in [-0.1, -0.05) is 18.2 Å². The van der Waals surface area contributed by atoms with Crippen molar-refractivity contribution in [3.8, 4) is 5.75 Å². The number of sulfonamides is 1. The van der Waals surface area contributed by atoms with Crippen molar-refractivity contribution >= 4 is 21.6 Å². The Morgan fingerprint density at radius 1 is 1.15 bits per heavy atom. The lowest BCUT2D eigenvalue weighted by atomic mass is 10.2. The van der Waals surface area contributed by atoms with E-state index in [0.29, 0.717) is 21.8 Å². The lowest BCUT2D eigenvalue weighted by molar-refractivity contribution is -0.139. The molecule has 0 bridgehead atoms. The van der Waals surface area contributed by atoms with Gasteiger partial charge < -0.3 is 10.1 Å². The fourth-order valence-electron chi connectivity index (χ4n) is 2.28. The smallest absolute Gasteiger partial charge is 0.417 e. The Kier molecular flexibility index (Phi) is 6.11. The zero-order chi connectivity index (χ0) is 20.2. The molecule has 6 nitrogen and oxygen atoms in total. The molecule has 0 heterocycles. The molecule has 0 atom stereocenters. The summed E-state index contributed by atoms with van der Waals surface area (Å²) in [7, 11) is -2.05. The van der Waals surface area contributed by atoms with Gasteiger partial charge in [-0.3, -0.25) is 4.79 Å². The number of amides is 1. The highest BCUT2D eigenvalue weighted by Gasteiger charge is 2.38.